The molecule has 0 atom stereocenters. The second-order valence-corrected chi connectivity index (χ2v) is 2.92. The molecule has 2 nitrogen and oxygen atoms in total. The van der Waals surface area contributed by atoms with E-state index >= 15 is 0 Å². The SMILES string of the molecule is CC/C=C\CCO.CCCCC=CO. The van der Waals surface area contributed by atoms with Crippen LogP contribution in [0.4, 0.5) is 0 Å². The summed E-state index contributed by atoms with van der Waals surface area (Å²) >= 11 is 0. The van der Waals surface area contributed by atoms with Gasteiger partial charge in [-0.25, -0.2) is 0 Å². The van der Waals surface area contributed by atoms with E-state index in [-0.39, 0.29) is 6.61 Å². The van der Waals surface area contributed by atoms with E-state index in [1.165, 1.54) is 12.8 Å². The summed E-state index contributed by atoms with van der Waals surface area (Å²) < 4.78 is 0. The Morgan fingerprint density at radius 3 is 2.14 bits per heavy atom. The predicted molar refractivity (Wildman–Crippen MR) is 62.4 cm³/mol. The Hall–Kier alpha value is -0.760. The molecule has 0 aromatic heterocycles. The van der Waals surface area contributed by atoms with E-state index in [1.807, 2.05) is 6.08 Å². The van der Waals surface area contributed by atoms with Gasteiger partial charge < -0.3 is 10.2 Å². The summed E-state index contributed by atoms with van der Waals surface area (Å²) in [5, 5.41) is 16.4. The van der Waals surface area contributed by atoms with Crippen molar-refractivity contribution < 1.29 is 10.2 Å². The molecule has 0 radical (unpaired) electrons. The van der Waals surface area contributed by atoms with Crippen LogP contribution in [0.1, 0.15) is 46.0 Å². The van der Waals surface area contributed by atoms with Crippen LogP contribution in [-0.2, 0) is 0 Å². The average Bonchev–Trinajstić information content (AvgIpc) is 2.21. The van der Waals surface area contributed by atoms with Crippen molar-refractivity contribution in [3.05, 3.63) is 24.5 Å². The molecule has 0 fully saturated rings. The van der Waals surface area contributed by atoms with Crippen LogP contribution < -0.4 is 0 Å². The highest BCUT2D eigenvalue weighted by Gasteiger charge is 1.74. The first kappa shape index (κ1) is 15.7. The fourth-order valence-corrected chi connectivity index (χ4v) is 0.756. The standard InChI is InChI=1S/2C6H12O/c2*1-2-3-4-5-6-7/h5-7H,2-4H2,1H3;3-4,7H,2,5-6H2,1H3/b;4-3-. The van der Waals surface area contributed by atoms with E-state index < -0.39 is 0 Å². The highest BCUT2D eigenvalue weighted by atomic mass is 16.3. The largest absolute Gasteiger partial charge is 0.516 e. The van der Waals surface area contributed by atoms with Crippen LogP contribution in [0.15, 0.2) is 24.5 Å². The molecular formula is C12H24O2. The summed E-state index contributed by atoms with van der Waals surface area (Å²) in [6.45, 7) is 4.48. The lowest BCUT2D eigenvalue weighted by atomic mass is 10.2. The van der Waals surface area contributed by atoms with E-state index in [2.05, 4.69) is 19.9 Å². The molecule has 0 bridgehead atoms. The highest BCUT2D eigenvalue weighted by molar-refractivity contribution is 4.79. The number of hydrogen-bond donors (Lipinski definition) is 2. The van der Waals surface area contributed by atoms with Crippen molar-refractivity contribution in [1.82, 2.24) is 0 Å². The maximum absolute atomic E-state index is 8.24. The molecule has 0 spiro atoms. The van der Waals surface area contributed by atoms with Crippen molar-refractivity contribution in [2.24, 2.45) is 0 Å². The van der Waals surface area contributed by atoms with E-state index in [4.69, 9.17) is 10.2 Å². The smallest absolute Gasteiger partial charge is 0.0751 e. The minimum atomic E-state index is 0.274. The lowest BCUT2D eigenvalue weighted by Gasteiger charge is -1.83. The number of allylic oxidation sites excluding steroid dienone is 2. The minimum Gasteiger partial charge on any atom is -0.516 e. The molecule has 0 aliphatic carbocycles. The maximum Gasteiger partial charge on any atom is 0.0751 e. The van der Waals surface area contributed by atoms with Crippen LogP contribution in [0.5, 0.6) is 0 Å². The van der Waals surface area contributed by atoms with E-state index in [0.29, 0.717) is 0 Å². The number of hydrogen-bond acceptors (Lipinski definition) is 2. The van der Waals surface area contributed by atoms with Crippen molar-refractivity contribution in [3.63, 3.8) is 0 Å². The van der Waals surface area contributed by atoms with Gasteiger partial charge in [0.25, 0.3) is 0 Å². The third kappa shape index (κ3) is 22.5. The van der Waals surface area contributed by atoms with Gasteiger partial charge in [0.1, 0.15) is 0 Å². The molecule has 0 aromatic rings. The molecule has 2 heteroatoms. The Bertz CT molecular complexity index is 128. The normalized spacial score (nSPS) is 10.5. The molecule has 0 saturated carbocycles. The van der Waals surface area contributed by atoms with Crippen LogP contribution in [0, 0.1) is 0 Å². The zero-order valence-corrected chi connectivity index (χ0v) is 9.45. The molecule has 0 rings (SSSR count). The third-order valence-electron chi connectivity index (χ3n) is 1.53. The molecular weight excluding hydrogens is 176 g/mol. The Kier molecular flexibility index (Phi) is 20.3. The first-order valence-corrected chi connectivity index (χ1v) is 5.38. The second kappa shape index (κ2) is 18.1. The van der Waals surface area contributed by atoms with Gasteiger partial charge in [0, 0.05) is 6.61 Å². The van der Waals surface area contributed by atoms with E-state index in [1.54, 1.807) is 6.08 Å². The van der Waals surface area contributed by atoms with E-state index in [0.717, 1.165) is 25.5 Å². The monoisotopic (exact) mass is 200 g/mol. The zero-order chi connectivity index (χ0) is 11.1. The van der Waals surface area contributed by atoms with Gasteiger partial charge in [-0.3, -0.25) is 0 Å². The average molecular weight is 200 g/mol. The Balaban J connectivity index is 0. The van der Waals surface area contributed by atoms with Gasteiger partial charge in [-0.1, -0.05) is 38.5 Å². The van der Waals surface area contributed by atoms with Crippen LogP contribution in [0.25, 0.3) is 0 Å². The molecule has 0 unspecified atom stereocenters. The topological polar surface area (TPSA) is 40.5 Å². The molecule has 0 aliphatic rings. The van der Waals surface area contributed by atoms with E-state index in [9.17, 15) is 0 Å². The molecule has 84 valence electrons. The molecule has 0 amide bonds. The Labute approximate surface area is 88.0 Å². The van der Waals surface area contributed by atoms with Gasteiger partial charge >= 0.3 is 0 Å². The number of rotatable bonds is 6. The number of aliphatic hydroxyl groups excluding tert-OH is 2. The van der Waals surface area contributed by atoms with Crippen molar-refractivity contribution in [3.8, 4) is 0 Å². The van der Waals surface area contributed by atoms with Crippen LogP contribution in [-0.4, -0.2) is 16.8 Å². The van der Waals surface area contributed by atoms with Crippen LogP contribution in [0.3, 0.4) is 0 Å². The van der Waals surface area contributed by atoms with Gasteiger partial charge in [0.2, 0.25) is 0 Å². The van der Waals surface area contributed by atoms with Gasteiger partial charge in [0.15, 0.2) is 0 Å². The molecule has 0 aliphatic heterocycles. The molecule has 0 saturated heterocycles. The van der Waals surface area contributed by atoms with Crippen LogP contribution in [0.2, 0.25) is 0 Å². The summed E-state index contributed by atoms with van der Waals surface area (Å²) in [4.78, 5) is 0. The minimum absolute atomic E-state index is 0.274. The van der Waals surface area contributed by atoms with Crippen molar-refractivity contribution in [2.75, 3.05) is 6.61 Å². The Morgan fingerprint density at radius 2 is 1.71 bits per heavy atom. The highest BCUT2D eigenvalue weighted by Crippen LogP contribution is 1.92. The predicted octanol–water partition coefficient (Wildman–Crippen LogP) is 3.58. The Morgan fingerprint density at radius 1 is 1.00 bits per heavy atom. The maximum atomic E-state index is 8.24. The first-order valence-electron chi connectivity index (χ1n) is 5.38. The van der Waals surface area contributed by atoms with Gasteiger partial charge in [0.05, 0.1) is 6.26 Å². The number of unbranched alkanes of at least 4 members (excludes halogenated alkanes) is 2. The van der Waals surface area contributed by atoms with Gasteiger partial charge in [-0.05, 0) is 25.7 Å². The molecule has 14 heavy (non-hydrogen) atoms. The first-order chi connectivity index (χ1) is 6.83. The lowest BCUT2D eigenvalue weighted by molar-refractivity contribution is 0.302. The molecule has 0 heterocycles. The molecule has 2 N–H and O–H groups in total. The summed E-state index contributed by atoms with van der Waals surface area (Å²) in [6, 6.07) is 0. The quantitative estimate of drug-likeness (QED) is 0.391. The zero-order valence-electron chi connectivity index (χ0n) is 9.45. The van der Waals surface area contributed by atoms with Crippen molar-refractivity contribution in [2.45, 2.75) is 46.0 Å². The second-order valence-electron chi connectivity index (χ2n) is 2.92. The fourth-order valence-electron chi connectivity index (χ4n) is 0.756. The fraction of sp³-hybridized carbons (Fsp3) is 0.667. The third-order valence-corrected chi connectivity index (χ3v) is 1.53. The van der Waals surface area contributed by atoms with Crippen LogP contribution >= 0.6 is 0 Å². The van der Waals surface area contributed by atoms with Crippen molar-refractivity contribution in [1.29, 1.82) is 0 Å². The van der Waals surface area contributed by atoms with Gasteiger partial charge in [-0.2, -0.15) is 0 Å². The lowest BCUT2D eigenvalue weighted by Crippen LogP contribution is -1.73. The molecule has 0 aromatic carbocycles. The summed E-state index contributed by atoms with van der Waals surface area (Å²) in [5.41, 5.74) is 0. The number of aliphatic hydroxyl groups is 2. The summed E-state index contributed by atoms with van der Waals surface area (Å²) in [6.07, 6.45) is 12.2. The summed E-state index contributed by atoms with van der Waals surface area (Å²) in [7, 11) is 0. The van der Waals surface area contributed by atoms with Gasteiger partial charge in [-0.15, -0.1) is 0 Å². The van der Waals surface area contributed by atoms with Crippen molar-refractivity contribution >= 4 is 0 Å². The summed E-state index contributed by atoms with van der Waals surface area (Å²) in [5.74, 6) is 0.